The van der Waals surface area contributed by atoms with E-state index in [9.17, 15) is 39.6 Å². The molecule has 3 aliphatic rings. The average molecular weight is 680 g/mol. The first-order valence-electron chi connectivity index (χ1n) is 16.4. The van der Waals surface area contributed by atoms with Gasteiger partial charge in [0, 0.05) is 29.6 Å². The van der Waals surface area contributed by atoms with Gasteiger partial charge in [-0.15, -0.1) is 0 Å². The van der Waals surface area contributed by atoms with E-state index in [-0.39, 0.29) is 48.2 Å². The second-order valence-corrected chi connectivity index (χ2v) is 13.7. The lowest BCUT2D eigenvalue weighted by atomic mass is 9.54. The van der Waals surface area contributed by atoms with Crippen LogP contribution in [0.5, 0.6) is 11.5 Å². The predicted molar refractivity (Wildman–Crippen MR) is 178 cm³/mol. The Kier molecular flexibility index (Phi) is 9.95. The number of amides is 1. The summed E-state index contributed by atoms with van der Waals surface area (Å²) in [7, 11) is 4.72. The van der Waals surface area contributed by atoms with Crippen LogP contribution in [0.4, 0.5) is 0 Å². The van der Waals surface area contributed by atoms with Crippen molar-refractivity contribution in [3.63, 3.8) is 0 Å². The SMILES string of the molecule is CCOC(=O)C(NCc1ccc(OC)c(-c2ccc(O)c3c2C[C@@H]2C[C@@H]4[C@@H](N(C)C)C(O)C(C(N)=O)C(=O)[C@]4(O)C(=O)C2=C3O)c1)C(C)C. The number of aliphatic hydroxyl groups is 3. The number of benzene rings is 2. The van der Waals surface area contributed by atoms with Gasteiger partial charge < -0.3 is 45.9 Å². The lowest BCUT2D eigenvalue weighted by Gasteiger charge is -2.53. The maximum atomic E-state index is 14.2. The number of Topliss-reactive ketones (excluding diaryl/α,β-unsaturated/α-hetero) is 2. The van der Waals surface area contributed by atoms with E-state index in [0.717, 1.165) is 5.56 Å². The van der Waals surface area contributed by atoms with Crippen LogP contribution in [0.25, 0.3) is 16.9 Å². The van der Waals surface area contributed by atoms with Crippen molar-refractivity contribution in [2.45, 2.75) is 63.9 Å². The van der Waals surface area contributed by atoms with Crippen molar-refractivity contribution >= 4 is 29.2 Å². The van der Waals surface area contributed by atoms with Crippen molar-refractivity contribution in [2.75, 3.05) is 27.8 Å². The molecule has 3 aliphatic carbocycles. The highest BCUT2D eigenvalue weighted by Gasteiger charge is 2.67. The highest BCUT2D eigenvalue weighted by molar-refractivity contribution is 6.25. The molecule has 2 aromatic rings. The molecule has 0 spiro atoms. The number of nitrogens with zero attached hydrogens (tertiary/aromatic N) is 1. The molecular formula is C36H45N3O10. The van der Waals surface area contributed by atoms with Crippen molar-refractivity contribution < 1.29 is 49.1 Å². The number of nitrogens with two attached hydrogens (primary N) is 1. The number of carbonyl (C=O) groups is 4. The molecule has 264 valence electrons. The Hall–Kier alpha value is -4.30. The summed E-state index contributed by atoms with van der Waals surface area (Å²) >= 11 is 0. The van der Waals surface area contributed by atoms with Gasteiger partial charge in [-0.05, 0) is 80.6 Å². The second-order valence-electron chi connectivity index (χ2n) is 13.7. The molecule has 0 aromatic heterocycles. The number of ether oxygens (including phenoxy) is 2. The third kappa shape index (κ3) is 5.88. The summed E-state index contributed by atoms with van der Waals surface area (Å²) in [6, 6.07) is 7.04. The van der Waals surface area contributed by atoms with Gasteiger partial charge in [0.05, 0.1) is 25.4 Å². The fourth-order valence-corrected chi connectivity index (χ4v) is 7.98. The number of phenolic OH excluding ortho intramolecular Hbond substituents is 1. The Morgan fingerprint density at radius 2 is 1.82 bits per heavy atom. The van der Waals surface area contributed by atoms with E-state index in [0.29, 0.717) is 29.0 Å². The number of hydrogen-bond donors (Lipinski definition) is 6. The summed E-state index contributed by atoms with van der Waals surface area (Å²) < 4.78 is 10.9. The molecule has 0 heterocycles. The fraction of sp³-hybridized carbons (Fsp3) is 0.500. The van der Waals surface area contributed by atoms with Crippen LogP contribution in [0.3, 0.4) is 0 Å². The smallest absolute Gasteiger partial charge is 0.323 e. The quantitative estimate of drug-likeness (QED) is 0.156. The molecule has 13 heteroatoms. The normalized spacial score (nSPS) is 27.0. The minimum Gasteiger partial charge on any atom is -0.507 e. The number of likely N-dealkylation sites (N-methyl/N-ethyl adjacent to an activating group) is 1. The standard InChI is InChI=1S/C36H45N3O10/c1-7-49-35(46)28(16(2)3)38-15-17-8-11-24(48-6)20(12-17)19-9-10-23(40)26-21(19)13-18-14-22-29(39(4)5)31(42)27(34(37)45)33(44)36(22,47)32(43)25(18)30(26)41/h8-12,16,18,22,27-29,31,38,40-42,47H,7,13-15H2,1-6H3,(H2,37,45)/t18-,22-,27?,28?,29-,31?,36-/m1/s1. The summed E-state index contributed by atoms with van der Waals surface area (Å²) in [6.07, 6.45) is -1.45. The minimum absolute atomic E-state index is 0.00115. The zero-order chi connectivity index (χ0) is 36.1. The Bertz CT molecular complexity index is 1720. The topological polar surface area (TPSA) is 209 Å². The van der Waals surface area contributed by atoms with E-state index in [1.54, 1.807) is 38.1 Å². The third-order valence-corrected chi connectivity index (χ3v) is 10.3. The molecule has 2 saturated carbocycles. The number of nitrogens with one attached hydrogen (secondary N) is 1. The van der Waals surface area contributed by atoms with Crippen molar-refractivity contribution in [1.82, 2.24) is 10.2 Å². The van der Waals surface area contributed by atoms with Crippen molar-refractivity contribution in [2.24, 2.45) is 29.4 Å². The highest BCUT2D eigenvalue weighted by Crippen LogP contribution is 2.53. The number of fused-ring (bicyclic) bond motifs is 3. The van der Waals surface area contributed by atoms with Gasteiger partial charge in [0.1, 0.15) is 29.2 Å². The van der Waals surface area contributed by atoms with Gasteiger partial charge in [0.2, 0.25) is 11.7 Å². The molecule has 0 aliphatic heterocycles. The number of esters is 1. The molecule has 0 bridgehead atoms. The van der Waals surface area contributed by atoms with Crippen LogP contribution in [-0.2, 0) is 36.9 Å². The fourth-order valence-electron chi connectivity index (χ4n) is 7.98. The number of ketones is 2. The number of rotatable bonds is 10. The van der Waals surface area contributed by atoms with Gasteiger partial charge in [-0.1, -0.05) is 26.0 Å². The number of aromatic hydroxyl groups is 1. The molecule has 2 aromatic carbocycles. The van der Waals surface area contributed by atoms with E-state index < -0.39 is 64.8 Å². The van der Waals surface area contributed by atoms with Crippen LogP contribution in [0.15, 0.2) is 35.9 Å². The summed E-state index contributed by atoms with van der Waals surface area (Å²) in [5.41, 5.74) is 5.04. The van der Waals surface area contributed by atoms with Crippen molar-refractivity contribution in [3.8, 4) is 22.6 Å². The average Bonchev–Trinajstić information content (AvgIpc) is 3.02. The van der Waals surface area contributed by atoms with E-state index in [1.165, 1.54) is 13.2 Å². The summed E-state index contributed by atoms with van der Waals surface area (Å²) in [5.74, 6) is -7.93. The van der Waals surface area contributed by atoms with Crippen LogP contribution in [-0.4, -0.2) is 100 Å². The molecule has 7 atom stereocenters. The Balaban J connectivity index is 1.60. The van der Waals surface area contributed by atoms with Crippen molar-refractivity contribution in [1.29, 1.82) is 0 Å². The number of aliphatic hydroxyl groups excluding tert-OH is 2. The first-order chi connectivity index (χ1) is 23.1. The van der Waals surface area contributed by atoms with E-state index in [1.807, 2.05) is 26.0 Å². The Morgan fingerprint density at radius 1 is 1.12 bits per heavy atom. The number of hydrogen-bond acceptors (Lipinski definition) is 12. The van der Waals surface area contributed by atoms with Crippen LogP contribution in [0.2, 0.25) is 0 Å². The van der Waals surface area contributed by atoms with Gasteiger partial charge in [-0.2, -0.15) is 0 Å². The zero-order valence-electron chi connectivity index (χ0n) is 28.5. The van der Waals surface area contributed by atoms with Crippen molar-refractivity contribution in [3.05, 3.63) is 52.6 Å². The second kappa shape index (κ2) is 13.5. The minimum atomic E-state index is -2.74. The molecule has 2 fully saturated rings. The van der Waals surface area contributed by atoms with Gasteiger partial charge >= 0.3 is 5.97 Å². The number of primary amides is 1. The van der Waals surface area contributed by atoms with Gasteiger partial charge in [-0.25, -0.2) is 0 Å². The maximum Gasteiger partial charge on any atom is 0.323 e. The molecule has 13 nitrogen and oxygen atoms in total. The lowest BCUT2D eigenvalue weighted by Crippen LogP contribution is -2.73. The first-order valence-corrected chi connectivity index (χ1v) is 16.4. The number of phenols is 1. The van der Waals surface area contributed by atoms with E-state index in [4.69, 9.17) is 15.2 Å². The Morgan fingerprint density at radius 3 is 2.41 bits per heavy atom. The maximum absolute atomic E-state index is 14.2. The van der Waals surface area contributed by atoms with Crippen LogP contribution in [0, 0.1) is 23.7 Å². The molecule has 5 rings (SSSR count). The molecule has 7 N–H and O–H groups in total. The predicted octanol–water partition coefficient (Wildman–Crippen LogP) is 1.48. The van der Waals surface area contributed by atoms with Gasteiger partial charge in [0.15, 0.2) is 11.4 Å². The molecule has 49 heavy (non-hydrogen) atoms. The molecule has 0 saturated heterocycles. The Labute approximate surface area is 284 Å². The zero-order valence-corrected chi connectivity index (χ0v) is 28.5. The summed E-state index contributed by atoms with van der Waals surface area (Å²) in [6.45, 7) is 6.17. The third-order valence-electron chi connectivity index (χ3n) is 10.3. The highest BCUT2D eigenvalue weighted by atomic mass is 16.5. The molecule has 3 unspecified atom stereocenters. The van der Waals surface area contributed by atoms with Crippen LogP contribution >= 0.6 is 0 Å². The molecular weight excluding hydrogens is 634 g/mol. The van der Waals surface area contributed by atoms with E-state index >= 15 is 0 Å². The summed E-state index contributed by atoms with van der Waals surface area (Å²) in [5, 5.41) is 49.0. The molecule has 0 radical (unpaired) electrons. The van der Waals surface area contributed by atoms with Crippen LogP contribution in [0.1, 0.15) is 43.9 Å². The number of carbonyl (C=O) groups excluding carboxylic acids is 4. The van der Waals surface area contributed by atoms with E-state index in [2.05, 4.69) is 5.32 Å². The van der Waals surface area contributed by atoms with Crippen LogP contribution < -0.4 is 15.8 Å². The molecule has 1 amide bonds. The number of methoxy groups -OCH3 is 1. The van der Waals surface area contributed by atoms with Gasteiger partial charge in [0.25, 0.3) is 0 Å². The first kappa shape index (κ1) is 36.0. The van der Waals surface area contributed by atoms with Gasteiger partial charge in [-0.3, -0.25) is 19.2 Å². The lowest BCUT2D eigenvalue weighted by molar-refractivity contribution is -0.184. The monoisotopic (exact) mass is 679 g/mol. The summed E-state index contributed by atoms with van der Waals surface area (Å²) in [4.78, 5) is 54.2. The largest absolute Gasteiger partial charge is 0.507 e.